The normalized spacial score (nSPS) is 8.86. The van der Waals surface area contributed by atoms with Gasteiger partial charge in [0.05, 0.1) is 0 Å². The van der Waals surface area contributed by atoms with E-state index in [0.717, 1.165) is 0 Å². The van der Waals surface area contributed by atoms with Gasteiger partial charge in [-0.2, -0.15) is 0 Å². The maximum atomic E-state index is 8.56. The van der Waals surface area contributed by atoms with Crippen molar-refractivity contribution >= 4 is 16.9 Å². The van der Waals surface area contributed by atoms with E-state index in [0.29, 0.717) is 0 Å². The van der Waals surface area contributed by atoms with E-state index in [9.17, 15) is 0 Å². The summed E-state index contributed by atoms with van der Waals surface area (Å²) in [7, 11) is 0. The molecule has 0 aliphatic heterocycles. The van der Waals surface area contributed by atoms with Crippen LogP contribution < -0.4 is 0 Å². The van der Waals surface area contributed by atoms with Gasteiger partial charge in [-0.15, -0.1) is 0 Å². The molecule has 14 heavy (non-hydrogen) atoms. The minimum absolute atomic E-state index is 1.20. The highest BCUT2D eigenvalue weighted by Crippen LogP contribution is 2.09. The molecule has 1 aromatic carbocycles. The molecular formula is C10H9NO3. The molecule has 0 aliphatic rings. The first-order chi connectivity index (χ1) is 6.70. The van der Waals surface area contributed by atoms with Gasteiger partial charge in [-0.3, -0.25) is 4.98 Å². The van der Waals surface area contributed by atoms with Crippen molar-refractivity contribution in [2.75, 3.05) is 0 Å². The van der Waals surface area contributed by atoms with Gasteiger partial charge in [-0.1, -0.05) is 24.3 Å². The van der Waals surface area contributed by atoms with Crippen molar-refractivity contribution in [2.45, 2.75) is 0 Å². The largest absolute Gasteiger partial charge is 0.503 e. The number of pyridine rings is 1. The molecular weight excluding hydrogens is 182 g/mol. The summed E-state index contributed by atoms with van der Waals surface area (Å²) in [5, 5.41) is 16.4. The summed E-state index contributed by atoms with van der Waals surface area (Å²) < 4.78 is 0. The van der Waals surface area contributed by atoms with Crippen LogP contribution in [0.2, 0.25) is 0 Å². The number of hydrogen-bond donors (Lipinski definition) is 2. The molecule has 0 radical (unpaired) electrons. The average Bonchev–Trinajstić information content (AvgIpc) is 2.17. The maximum Gasteiger partial charge on any atom is 0.503 e. The molecule has 0 aliphatic carbocycles. The number of nitrogens with zero attached hydrogens (tertiary/aromatic N) is 1. The summed E-state index contributed by atoms with van der Waals surface area (Å²) >= 11 is 0. The Balaban J connectivity index is 0.000000213. The molecule has 2 N–H and O–H groups in total. The van der Waals surface area contributed by atoms with Crippen LogP contribution in [0.4, 0.5) is 4.79 Å². The molecule has 0 amide bonds. The van der Waals surface area contributed by atoms with Gasteiger partial charge in [0.25, 0.3) is 0 Å². The summed E-state index contributed by atoms with van der Waals surface area (Å²) in [6.07, 6.45) is 1.84. The van der Waals surface area contributed by atoms with E-state index in [-0.39, 0.29) is 0 Å². The number of aromatic nitrogens is 1. The van der Waals surface area contributed by atoms with Gasteiger partial charge >= 0.3 is 6.16 Å². The lowest BCUT2D eigenvalue weighted by Crippen LogP contribution is -1.81. The van der Waals surface area contributed by atoms with E-state index in [1.807, 2.05) is 30.6 Å². The van der Waals surface area contributed by atoms with Crippen LogP contribution in [0.3, 0.4) is 0 Å². The summed E-state index contributed by atoms with van der Waals surface area (Å²) in [5.41, 5.74) is 0. The van der Waals surface area contributed by atoms with Crippen molar-refractivity contribution < 1.29 is 15.0 Å². The standard InChI is InChI=1S/C9H7N.CH2O3/c1-2-4-9-7-10-6-5-8(9)3-1;2-1(3)4/h1-7H;(H2,2,3,4). The summed E-state index contributed by atoms with van der Waals surface area (Å²) in [4.78, 5) is 12.6. The molecule has 0 saturated heterocycles. The van der Waals surface area contributed by atoms with Crippen molar-refractivity contribution in [2.24, 2.45) is 0 Å². The zero-order valence-electron chi connectivity index (χ0n) is 7.29. The third-order valence-corrected chi connectivity index (χ3v) is 1.55. The third kappa shape index (κ3) is 3.10. The van der Waals surface area contributed by atoms with Crippen LogP contribution >= 0.6 is 0 Å². The van der Waals surface area contributed by atoms with Crippen LogP contribution in [0.15, 0.2) is 42.7 Å². The number of fused-ring (bicyclic) bond motifs is 1. The number of rotatable bonds is 0. The summed E-state index contributed by atoms with van der Waals surface area (Å²) in [6, 6.07) is 10.2. The smallest absolute Gasteiger partial charge is 0.450 e. The van der Waals surface area contributed by atoms with E-state index in [4.69, 9.17) is 15.0 Å². The molecule has 0 fully saturated rings. The highest BCUT2D eigenvalue weighted by Gasteiger charge is 1.86. The first kappa shape index (κ1) is 9.98. The molecule has 72 valence electrons. The van der Waals surface area contributed by atoms with Gasteiger partial charge in [-0.05, 0) is 16.8 Å². The van der Waals surface area contributed by atoms with Crippen molar-refractivity contribution in [3.63, 3.8) is 0 Å². The highest BCUT2D eigenvalue weighted by molar-refractivity contribution is 5.80. The van der Waals surface area contributed by atoms with Gasteiger partial charge in [0, 0.05) is 12.4 Å². The Hall–Kier alpha value is -2.10. The van der Waals surface area contributed by atoms with Gasteiger partial charge in [0.15, 0.2) is 0 Å². The first-order valence-corrected chi connectivity index (χ1v) is 3.91. The fourth-order valence-corrected chi connectivity index (χ4v) is 1.03. The first-order valence-electron chi connectivity index (χ1n) is 3.91. The molecule has 4 nitrogen and oxygen atoms in total. The van der Waals surface area contributed by atoms with E-state index in [1.54, 1.807) is 0 Å². The SMILES string of the molecule is O=C(O)O.c1ccc2cnccc2c1. The number of benzene rings is 1. The fourth-order valence-electron chi connectivity index (χ4n) is 1.03. The molecule has 0 saturated carbocycles. The maximum absolute atomic E-state index is 8.56. The van der Waals surface area contributed by atoms with Crippen molar-refractivity contribution in [3.05, 3.63) is 42.7 Å². The zero-order valence-corrected chi connectivity index (χ0v) is 7.29. The van der Waals surface area contributed by atoms with Crippen LogP contribution in [-0.4, -0.2) is 21.4 Å². The van der Waals surface area contributed by atoms with Crippen molar-refractivity contribution in [1.29, 1.82) is 0 Å². The Kier molecular flexibility index (Phi) is 3.43. The van der Waals surface area contributed by atoms with E-state index >= 15 is 0 Å². The van der Waals surface area contributed by atoms with Crippen LogP contribution in [0.25, 0.3) is 10.8 Å². The Morgan fingerprint density at radius 1 is 1.07 bits per heavy atom. The van der Waals surface area contributed by atoms with Gasteiger partial charge < -0.3 is 10.2 Å². The second kappa shape index (κ2) is 4.81. The topological polar surface area (TPSA) is 70.4 Å². The van der Waals surface area contributed by atoms with Crippen molar-refractivity contribution in [1.82, 2.24) is 4.98 Å². The summed E-state index contributed by atoms with van der Waals surface area (Å²) in [6.45, 7) is 0. The lowest BCUT2D eigenvalue weighted by atomic mass is 10.2. The van der Waals surface area contributed by atoms with Gasteiger partial charge in [0.1, 0.15) is 0 Å². The predicted molar refractivity (Wildman–Crippen MR) is 52.4 cm³/mol. The number of carbonyl (C=O) groups is 1. The van der Waals surface area contributed by atoms with Gasteiger partial charge in [-0.25, -0.2) is 4.79 Å². The Morgan fingerprint density at radius 3 is 2.21 bits per heavy atom. The molecule has 4 heteroatoms. The second-order valence-corrected chi connectivity index (χ2v) is 2.51. The predicted octanol–water partition coefficient (Wildman–Crippen LogP) is 2.46. The lowest BCUT2D eigenvalue weighted by molar-refractivity contribution is 0.137. The molecule has 0 unspecified atom stereocenters. The molecule has 1 heterocycles. The lowest BCUT2D eigenvalue weighted by Gasteiger charge is -1.91. The zero-order chi connectivity index (χ0) is 10.4. The molecule has 2 rings (SSSR count). The van der Waals surface area contributed by atoms with Crippen LogP contribution in [0.5, 0.6) is 0 Å². The van der Waals surface area contributed by atoms with E-state index in [1.165, 1.54) is 10.8 Å². The fraction of sp³-hybridized carbons (Fsp3) is 0. The Bertz CT molecular complexity index is 359. The minimum Gasteiger partial charge on any atom is -0.450 e. The van der Waals surface area contributed by atoms with E-state index in [2.05, 4.69) is 17.1 Å². The van der Waals surface area contributed by atoms with Crippen LogP contribution in [-0.2, 0) is 0 Å². The quantitative estimate of drug-likeness (QED) is 0.671. The molecule has 0 atom stereocenters. The highest BCUT2D eigenvalue weighted by atomic mass is 16.6. The monoisotopic (exact) mass is 191 g/mol. The third-order valence-electron chi connectivity index (χ3n) is 1.55. The van der Waals surface area contributed by atoms with Gasteiger partial charge in [0.2, 0.25) is 0 Å². The summed E-state index contributed by atoms with van der Waals surface area (Å²) in [5.74, 6) is 0. The van der Waals surface area contributed by atoms with E-state index < -0.39 is 6.16 Å². The van der Waals surface area contributed by atoms with Crippen LogP contribution in [0.1, 0.15) is 0 Å². The molecule has 0 bridgehead atoms. The Labute approximate surface area is 80.5 Å². The van der Waals surface area contributed by atoms with Crippen LogP contribution in [0, 0.1) is 0 Å². The second-order valence-electron chi connectivity index (χ2n) is 2.51. The molecule has 0 spiro atoms. The number of hydrogen-bond acceptors (Lipinski definition) is 2. The molecule has 1 aromatic heterocycles. The van der Waals surface area contributed by atoms with Crippen molar-refractivity contribution in [3.8, 4) is 0 Å². The minimum atomic E-state index is -1.83. The Morgan fingerprint density at radius 2 is 1.64 bits per heavy atom. The average molecular weight is 191 g/mol. The molecule has 2 aromatic rings. The number of carboxylic acid groups (broad SMARTS) is 2.